The van der Waals surface area contributed by atoms with Gasteiger partial charge in [0.2, 0.25) is 5.88 Å². The molecule has 0 fully saturated rings. The monoisotopic (exact) mass is 234 g/mol. The van der Waals surface area contributed by atoms with Gasteiger partial charge in [0.15, 0.2) is 0 Å². The molecule has 2 rings (SSSR count). The molecule has 1 aliphatic heterocycles. The summed E-state index contributed by atoms with van der Waals surface area (Å²) < 4.78 is 5.33. The molecule has 2 N–H and O–H groups in total. The van der Waals surface area contributed by atoms with E-state index in [4.69, 9.17) is 9.84 Å². The van der Waals surface area contributed by atoms with Crippen molar-refractivity contribution in [2.45, 2.75) is 6.61 Å². The van der Waals surface area contributed by atoms with E-state index in [0.717, 1.165) is 10.6 Å². The number of nitrogens with zero attached hydrogens (tertiary/aromatic N) is 3. The van der Waals surface area contributed by atoms with Crippen molar-refractivity contribution < 1.29 is 14.6 Å². The maximum absolute atomic E-state index is 10.8. The van der Waals surface area contributed by atoms with E-state index >= 15 is 0 Å². The van der Waals surface area contributed by atoms with E-state index in [0.29, 0.717) is 0 Å². The Morgan fingerprint density at radius 3 is 2.88 bits per heavy atom. The van der Waals surface area contributed by atoms with Crippen molar-refractivity contribution >= 4 is 6.09 Å². The molecule has 0 atom stereocenters. The van der Waals surface area contributed by atoms with E-state index in [-0.39, 0.29) is 12.5 Å². The largest absolute Gasteiger partial charge is 0.471 e. The average Bonchev–Trinajstić information content (AvgIpc) is 2.38. The number of amides is 1. The molecule has 0 saturated heterocycles. The highest BCUT2D eigenvalue weighted by Crippen LogP contribution is 2.11. The van der Waals surface area contributed by atoms with Crippen molar-refractivity contribution in [2.24, 2.45) is 10.3 Å². The van der Waals surface area contributed by atoms with Crippen LogP contribution < -0.4 is 5.53 Å². The molecule has 7 nitrogen and oxygen atoms in total. The van der Waals surface area contributed by atoms with Crippen LogP contribution in [0.25, 0.3) is 0 Å². The van der Waals surface area contributed by atoms with Gasteiger partial charge in [-0.25, -0.2) is 4.79 Å². The topological polar surface area (TPSA) is 86.5 Å². The standard InChI is InChI=1S/C10H10N4O3/c15-10(16)14-9(6-11-12-13-14)17-7-8-4-2-1-3-5-8/h1-6H,7H2,(H,11,13)(H,15,16). The van der Waals surface area contributed by atoms with Gasteiger partial charge in [0, 0.05) is 0 Å². The third-order valence-corrected chi connectivity index (χ3v) is 2.01. The highest BCUT2D eigenvalue weighted by atomic mass is 16.5. The van der Waals surface area contributed by atoms with Gasteiger partial charge in [0.05, 0.1) is 0 Å². The van der Waals surface area contributed by atoms with E-state index in [1.807, 2.05) is 30.3 Å². The first-order valence-corrected chi connectivity index (χ1v) is 4.83. The predicted molar refractivity (Wildman–Crippen MR) is 57.2 cm³/mol. The number of carbonyl (C=O) groups is 1. The van der Waals surface area contributed by atoms with Crippen LogP contribution in [0.15, 0.2) is 52.8 Å². The van der Waals surface area contributed by atoms with Gasteiger partial charge in [-0.05, 0) is 5.56 Å². The first kappa shape index (κ1) is 10.9. The second-order valence-electron chi connectivity index (χ2n) is 3.18. The molecule has 0 spiro atoms. The smallest absolute Gasteiger partial charge is 0.435 e. The summed E-state index contributed by atoms with van der Waals surface area (Å²) >= 11 is 0. The summed E-state index contributed by atoms with van der Waals surface area (Å²) in [6.45, 7) is 0.258. The van der Waals surface area contributed by atoms with E-state index in [9.17, 15) is 4.79 Å². The van der Waals surface area contributed by atoms with Crippen LogP contribution >= 0.6 is 0 Å². The predicted octanol–water partition coefficient (Wildman–Crippen LogP) is 1.87. The molecule has 1 aliphatic rings. The Morgan fingerprint density at radius 2 is 2.18 bits per heavy atom. The second kappa shape index (κ2) is 4.97. The lowest BCUT2D eigenvalue weighted by atomic mass is 10.2. The number of benzene rings is 1. The van der Waals surface area contributed by atoms with Crippen molar-refractivity contribution in [3.8, 4) is 0 Å². The van der Waals surface area contributed by atoms with Gasteiger partial charge in [-0.2, -0.15) is 5.53 Å². The average molecular weight is 234 g/mol. The number of hydrazine groups is 1. The van der Waals surface area contributed by atoms with Crippen LogP contribution in [0.1, 0.15) is 5.56 Å². The Labute approximate surface area is 97.0 Å². The van der Waals surface area contributed by atoms with E-state index < -0.39 is 6.09 Å². The zero-order chi connectivity index (χ0) is 12.1. The van der Waals surface area contributed by atoms with E-state index in [1.54, 1.807) is 0 Å². The van der Waals surface area contributed by atoms with Crippen LogP contribution in [-0.4, -0.2) is 16.2 Å². The molecule has 1 heterocycles. The molecule has 1 aromatic rings. The summed E-state index contributed by atoms with van der Waals surface area (Å²) in [6, 6.07) is 9.40. The molecule has 0 unspecified atom stereocenters. The van der Waals surface area contributed by atoms with Crippen LogP contribution in [0.5, 0.6) is 0 Å². The molecule has 1 amide bonds. The fourth-order valence-electron chi connectivity index (χ4n) is 1.23. The molecule has 0 radical (unpaired) electrons. The quantitative estimate of drug-likeness (QED) is 0.835. The lowest BCUT2D eigenvalue weighted by Gasteiger charge is -2.21. The Balaban J connectivity index is 2.00. The van der Waals surface area contributed by atoms with Crippen molar-refractivity contribution in [1.82, 2.24) is 10.5 Å². The molecular formula is C10H10N4O3. The highest BCUT2D eigenvalue weighted by molar-refractivity contribution is 5.66. The lowest BCUT2D eigenvalue weighted by Crippen LogP contribution is -2.40. The van der Waals surface area contributed by atoms with Gasteiger partial charge in [-0.15, -0.1) is 10.1 Å². The first-order chi connectivity index (χ1) is 8.27. The maximum atomic E-state index is 10.8. The number of ether oxygens (including phenoxy) is 1. The Hall–Kier alpha value is -2.57. The third-order valence-electron chi connectivity index (χ3n) is 2.01. The fraction of sp³-hybridized carbons (Fsp3) is 0.100. The van der Waals surface area contributed by atoms with Crippen LogP contribution in [0.4, 0.5) is 4.79 Å². The van der Waals surface area contributed by atoms with Gasteiger partial charge in [-0.3, -0.25) is 0 Å². The van der Waals surface area contributed by atoms with Crippen molar-refractivity contribution in [3.05, 3.63) is 48.0 Å². The minimum atomic E-state index is -1.22. The minimum Gasteiger partial charge on any atom is -0.471 e. The Morgan fingerprint density at radius 1 is 1.41 bits per heavy atom. The normalized spacial score (nSPS) is 13.9. The maximum Gasteiger partial charge on any atom is 0.435 e. The Bertz CT molecular complexity index is 458. The van der Waals surface area contributed by atoms with Gasteiger partial charge >= 0.3 is 6.09 Å². The minimum absolute atomic E-state index is 0.0800. The van der Waals surface area contributed by atoms with Crippen molar-refractivity contribution in [2.75, 3.05) is 0 Å². The first-order valence-electron chi connectivity index (χ1n) is 4.83. The molecule has 0 bridgehead atoms. The number of hydrogen-bond acceptors (Lipinski definition) is 5. The molecule has 17 heavy (non-hydrogen) atoms. The molecular weight excluding hydrogens is 224 g/mol. The van der Waals surface area contributed by atoms with E-state index in [1.165, 1.54) is 6.20 Å². The summed E-state index contributed by atoms with van der Waals surface area (Å²) in [7, 11) is 0. The summed E-state index contributed by atoms with van der Waals surface area (Å²) in [6.07, 6.45) is 0.0102. The van der Waals surface area contributed by atoms with Crippen LogP contribution in [-0.2, 0) is 11.3 Å². The van der Waals surface area contributed by atoms with Crippen LogP contribution in [0.2, 0.25) is 0 Å². The molecule has 7 heteroatoms. The van der Waals surface area contributed by atoms with E-state index in [2.05, 4.69) is 15.9 Å². The summed E-state index contributed by atoms with van der Waals surface area (Å²) in [5, 5.41) is 16.5. The zero-order valence-corrected chi connectivity index (χ0v) is 8.78. The molecule has 0 saturated carbocycles. The third kappa shape index (κ3) is 2.71. The molecule has 0 aromatic heterocycles. The highest BCUT2D eigenvalue weighted by Gasteiger charge is 2.20. The number of nitrogens with one attached hydrogen (secondary N) is 1. The van der Waals surface area contributed by atoms with Gasteiger partial charge in [0.25, 0.3) is 0 Å². The Kier molecular flexibility index (Phi) is 3.20. The molecule has 0 aliphatic carbocycles. The zero-order valence-electron chi connectivity index (χ0n) is 8.78. The SMILES string of the molecule is O=C(O)N1NN=NC=C1OCc1ccccc1. The lowest BCUT2D eigenvalue weighted by molar-refractivity contribution is 0.0588. The summed E-state index contributed by atoms with van der Waals surface area (Å²) in [5.74, 6) is 0.0800. The van der Waals surface area contributed by atoms with Gasteiger partial charge in [-0.1, -0.05) is 35.6 Å². The van der Waals surface area contributed by atoms with Crippen LogP contribution in [0.3, 0.4) is 0 Å². The van der Waals surface area contributed by atoms with Gasteiger partial charge < -0.3 is 9.84 Å². The van der Waals surface area contributed by atoms with Crippen molar-refractivity contribution in [3.63, 3.8) is 0 Å². The number of hydrogen-bond donors (Lipinski definition) is 2. The summed E-state index contributed by atoms with van der Waals surface area (Å²) in [5.41, 5.74) is 3.14. The molecule has 88 valence electrons. The van der Waals surface area contributed by atoms with Gasteiger partial charge in [0.1, 0.15) is 12.8 Å². The fourth-order valence-corrected chi connectivity index (χ4v) is 1.23. The summed E-state index contributed by atoms with van der Waals surface area (Å²) in [4.78, 5) is 10.8. The van der Waals surface area contributed by atoms with Crippen molar-refractivity contribution in [1.29, 1.82) is 0 Å². The second-order valence-corrected chi connectivity index (χ2v) is 3.18. The van der Waals surface area contributed by atoms with Crippen LogP contribution in [0, 0.1) is 0 Å². The number of carboxylic acid groups (broad SMARTS) is 1. The number of rotatable bonds is 3. The molecule has 1 aromatic carbocycles.